The minimum absolute atomic E-state index is 1.14. The van der Waals surface area contributed by atoms with Crippen LogP contribution in [-0.4, -0.2) is 9.13 Å². The number of hydrogen-bond acceptors (Lipinski definition) is 0. The number of rotatable bonds is 4. The second-order valence-corrected chi connectivity index (χ2v) is 12.6. The number of nitrogens with zero attached hydrogens (tertiary/aromatic N) is 2. The molecule has 8 aromatic carbocycles. The standard InChI is InChI=1S/C46H30N2/c1-3-13-31(14-4-1)34-27-35(32-15-5-2-6-16-32)29-36(28-34)47-26-25-42-43(47)24-23-41-40-21-11-12-22-44(40)48(46(41)42)45-30-33-17-7-8-18-37(33)38-19-9-10-20-39(38)45/h1-30H. The molecule has 0 unspecified atom stereocenters. The average molecular weight is 611 g/mol. The van der Waals surface area contributed by atoms with Crippen LogP contribution in [0, 0.1) is 0 Å². The first-order valence-electron chi connectivity index (χ1n) is 16.5. The van der Waals surface area contributed by atoms with Gasteiger partial charge in [0.15, 0.2) is 0 Å². The van der Waals surface area contributed by atoms with Crippen molar-refractivity contribution < 1.29 is 0 Å². The molecule has 0 radical (unpaired) electrons. The highest BCUT2D eigenvalue weighted by atomic mass is 15.0. The Labute approximate surface area is 278 Å². The topological polar surface area (TPSA) is 9.86 Å². The van der Waals surface area contributed by atoms with Crippen molar-refractivity contribution in [1.29, 1.82) is 0 Å². The van der Waals surface area contributed by atoms with Gasteiger partial charge in [0.05, 0.1) is 22.2 Å². The molecule has 0 aliphatic carbocycles. The molecule has 2 heterocycles. The highest BCUT2D eigenvalue weighted by Gasteiger charge is 2.19. The van der Waals surface area contributed by atoms with E-state index in [1.54, 1.807) is 0 Å². The summed E-state index contributed by atoms with van der Waals surface area (Å²) in [4.78, 5) is 0. The molecule has 2 nitrogen and oxygen atoms in total. The van der Waals surface area contributed by atoms with Crippen LogP contribution in [0.4, 0.5) is 0 Å². The van der Waals surface area contributed by atoms with Crippen LogP contribution in [0.2, 0.25) is 0 Å². The van der Waals surface area contributed by atoms with Crippen LogP contribution >= 0.6 is 0 Å². The molecule has 0 atom stereocenters. The molecule has 224 valence electrons. The van der Waals surface area contributed by atoms with Crippen LogP contribution in [0.5, 0.6) is 0 Å². The van der Waals surface area contributed by atoms with Gasteiger partial charge in [0.25, 0.3) is 0 Å². The van der Waals surface area contributed by atoms with E-state index in [1.807, 2.05) is 0 Å². The number of benzene rings is 8. The number of aromatic nitrogens is 2. The summed E-state index contributed by atoms with van der Waals surface area (Å²) in [5.41, 5.74) is 10.8. The maximum atomic E-state index is 2.50. The molecule has 0 aliphatic rings. The first-order valence-corrected chi connectivity index (χ1v) is 16.5. The lowest BCUT2D eigenvalue weighted by Crippen LogP contribution is -1.97. The zero-order valence-corrected chi connectivity index (χ0v) is 26.2. The minimum Gasteiger partial charge on any atom is -0.316 e. The van der Waals surface area contributed by atoms with Crippen LogP contribution in [-0.2, 0) is 0 Å². The number of fused-ring (bicyclic) bond motifs is 8. The summed E-state index contributed by atoms with van der Waals surface area (Å²) in [6.45, 7) is 0. The Bertz CT molecular complexity index is 2760. The molecular weight excluding hydrogens is 581 g/mol. The van der Waals surface area contributed by atoms with Gasteiger partial charge in [-0.3, -0.25) is 0 Å². The van der Waals surface area contributed by atoms with Crippen LogP contribution in [0.3, 0.4) is 0 Å². The lowest BCUT2D eigenvalue weighted by Gasteiger charge is -2.15. The first kappa shape index (κ1) is 26.8. The van der Waals surface area contributed by atoms with E-state index < -0.39 is 0 Å². The molecule has 2 aromatic heterocycles. The second kappa shape index (κ2) is 10.6. The fraction of sp³-hybridized carbons (Fsp3) is 0. The molecule has 0 saturated heterocycles. The van der Waals surface area contributed by atoms with E-state index in [2.05, 4.69) is 191 Å². The normalized spacial score (nSPS) is 11.8. The number of para-hydroxylation sites is 1. The Balaban J connectivity index is 1.28. The van der Waals surface area contributed by atoms with Gasteiger partial charge in [-0.25, -0.2) is 0 Å². The summed E-state index contributed by atoms with van der Waals surface area (Å²) >= 11 is 0. The van der Waals surface area contributed by atoms with Gasteiger partial charge in [0.1, 0.15) is 0 Å². The van der Waals surface area contributed by atoms with Gasteiger partial charge in [0.2, 0.25) is 0 Å². The average Bonchev–Trinajstić information content (AvgIpc) is 3.75. The predicted molar refractivity (Wildman–Crippen MR) is 203 cm³/mol. The monoisotopic (exact) mass is 610 g/mol. The van der Waals surface area contributed by atoms with Crippen molar-refractivity contribution in [3.8, 4) is 33.6 Å². The second-order valence-electron chi connectivity index (χ2n) is 12.6. The minimum atomic E-state index is 1.14. The third kappa shape index (κ3) is 4.06. The lowest BCUT2D eigenvalue weighted by molar-refractivity contribution is 1.13. The fourth-order valence-corrected chi connectivity index (χ4v) is 7.72. The molecule has 10 rings (SSSR count). The van der Waals surface area contributed by atoms with E-state index in [-0.39, 0.29) is 0 Å². The zero-order chi connectivity index (χ0) is 31.6. The molecule has 2 heteroatoms. The van der Waals surface area contributed by atoms with E-state index in [0.29, 0.717) is 0 Å². The van der Waals surface area contributed by atoms with Gasteiger partial charge < -0.3 is 9.13 Å². The lowest BCUT2D eigenvalue weighted by atomic mass is 9.98. The summed E-state index contributed by atoms with van der Waals surface area (Å²) in [6.07, 6.45) is 2.24. The van der Waals surface area contributed by atoms with Crippen molar-refractivity contribution in [2.75, 3.05) is 0 Å². The summed E-state index contributed by atoms with van der Waals surface area (Å²) in [6, 6.07) is 64.0. The molecule has 0 saturated carbocycles. The van der Waals surface area contributed by atoms with Crippen molar-refractivity contribution in [3.63, 3.8) is 0 Å². The van der Waals surface area contributed by atoms with E-state index in [4.69, 9.17) is 0 Å². The Kier molecular flexibility index (Phi) is 5.91. The van der Waals surface area contributed by atoms with E-state index in [0.717, 1.165) is 5.69 Å². The molecule has 0 N–H and O–H groups in total. The van der Waals surface area contributed by atoms with Gasteiger partial charge in [0, 0.05) is 33.4 Å². The summed E-state index contributed by atoms with van der Waals surface area (Å²) < 4.78 is 4.86. The molecule has 48 heavy (non-hydrogen) atoms. The Hall–Kier alpha value is -6.38. The summed E-state index contributed by atoms with van der Waals surface area (Å²) in [7, 11) is 0. The van der Waals surface area contributed by atoms with Crippen molar-refractivity contribution in [1.82, 2.24) is 9.13 Å². The van der Waals surface area contributed by atoms with E-state index >= 15 is 0 Å². The van der Waals surface area contributed by atoms with Gasteiger partial charge in [-0.2, -0.15) is 0 Å². The summed E-state index contributed by atoms with van der Waals surface area (Å²) in [5, 5.41) is 8.79. The zero-order valence-electron chi connectivity index (χ0n) is 26.2. The van der Waals surface area contributed by atoms with Gasteiger partial charge in [-0.15, -0.1) is 0 Å². The molecule has 0 aliphatic heterocycles. The molecule has 0 fully saturated rings. The number of hydrogen-bond donors (Lipinski definition) is 0. The van der Waals surface area contributed by atoms with E-state index in [1.165, 1.54) is 82.2 Å². The van der Waals surface area contributed by atoms with Crippen LogP contribution < -0.4 is 0 Å². The maximum absolute atomic E-state index is 2.50. The Morgan fingerprint density at radius 1 is 0.333 bits per heavy atom. The summed E-state index contributed by atoms with van der Waals surface area (Å²) in [5.74, 6) is 0. The Morgan fingerprint density at radius 2 is 0.938 bits per heavy atom. The molecule has 0 amide bonds. The van der Waals surface area contributed by atoms with Gasteiger partial charge >= 0.3 is 0 Å². The van der Waals surface area contributed by atoms with Crippen molar-refractivity contribution in [3.05, 3.63) is 182 Å². The maximum Gasteiger partial charge on any atom is 0.0635 e. The third-order valence-corrected chi connectivity index (χ3v) is 9.90. The van der Waals surface area contributed by atoms with E-state index in [9.17, 15) is 0 Å². The van der Waals surface area contributed by atoms with Crippen LogP contribution in [0.15, 0.2) is 182 Å². The van der Waals surface area contributed by atoms with Gasteiger partial charge in [-0.1, -0.05) is 133 Å². The molecule has 10 aromatic rings. The predicted octanol–water partition coefficient (Wildman–Crippen LogP) is 12.4. The van der Waals surface area contributed by atoms with Gasteiger partial charge in [-0.05, 0) is 80.9 Å². The molecule has 0 bridgehead atoms. The van der Waals surface area contributed by atoms with Crippen molar-refractivity contribution in [2.45, 2.75) is 0 Å². The third-order valence-electron chi connectivity index (χ3n) is 9.90. The first-order chi connectivity index (χ1) is 23.8. The van der Waals surface area contributed by atoms with Crippen molar-refractivity contribution in [2.24, 2.45) is 0 Å². The quantitative estimate of drug-likeness (QED) is 0.175. The molecule has 0 spiro atoms. The largest absolute Gasteiger partial charge is 0.316 e. The fourth-order valence-electron chi connectivity index (χ4n) is 7.72. The smallest absolute Gasteiger partial charge is 0.0635 e. The highest BCUT2D eigenvalue weighted by molar-refractivity contribution is 6.20. The Morgan fingerprint density at radius 3 is 1.67 bits per heavy atom. The highest BCUT2D eigenvalue weighted by Crippen LogP contribution is 2.41. The van der Waals surface area contributed by atoms with Crippen LogP contribution in [0.25, 0.3) is 87.9 Å². The van der Waals surface area contributed by atoms with Crippen LogP contribution in [0.1, 0.15) is 0 Å². The molecular formula is C46H30N2. The van der Waals surface area contributed by atoms with Crippen molar-refractivity contribution >= 4 is 54.3 Å². The SMILES string of the molecule is c1ccc(-c2cc(-c3ccccc3)cc(-n3ccc4c3ccc3c5ccccc5n(-c5cc6ccccc6c6ccccc56)c34)c2)cc1.